The molecule has 0 aromatic heterocycles. The van der Waals surface area contributed by atoms with Gasteiger partial charge in [-0.15, -0.1) is 0 Å². The van der Waals surface area contributed by atoms with E-state index in [4.69, 9.17) is 4.74 Å². The average Bonchev–Trinajstić information content (AvgIpc) is 2.48. The van der Waals surface area contributed by atoms with Crippen LogP contribution in [-0.4, -0.2) is 13.7 Å². The standard InChI is InChI=1S/C13H15NO/c1-3-10-8-13(15-2)11-6-4-5-7-12(11)14-9-10/h3-8,14H,9H2,1-2H3/b10-3-. The van der Waals surface area contributed by atoms with Crippen molar-refractivity contribution in [1.82, 2.24) is 0 Å². The number of para-hydroxylation sites is 1. The van der Waals surface area contributed by atoms with Gasteiger partial charge in [0, 0.05) is 17.8 Å². The second kappa shape index (κ2) is 4.22. The molecule has 1 aliphatic rings. The van der Waals surface area contributed by atoms with Gasteiger partial charge in [-0.1, -0.05) is 18.2 Å². The number of rotatable bonds is 1. The van der Waals surface area contributed by atoms with E-state index in [-0.39, 0.29) is 0 Å². The fourth-order valence-electron chi connectivity index (χ4n) is 1.70. The van der Waals surface area contributed by atoms with Gasteiger partial charge in [0.1, 0.15) is 5.76 Å². The van der Waals surface area contributed by atoms with Crippen molar-refractivity contribution in [3.05, 3.63) is 47.6 Å². The summed E-state index contributed by atoms with van der Waals surface area (Å²) in [7, 11) is 1.71. The lowest BCUT2D eigenvalue weighted by molar-refractivity contribution is 0.370. The molecular formula is C13H15NO. The van der Waals surface area contributed by atoms with Crippen molar-refractivity contribution in [3.63, 3.8) is 0 Å². The maximum Gasteiger partial charge on any atom is 0.128 e. The molecule has 1 aliphatic heterocycles. The Morgan fingerprint density at radius 3 is 2.87 bits per heavy atom. The lowest BCUT2D eigenvalue weighted by atomic mass is 10.1. The lowest BCUT2D eigenvalue weighted by Gasteiger charge is -2.09. The molecule has 0 radical (unpaired) electrons. The van der Waals surface area contributed by atoms with Crippen LogP contribution in [0.4, 0.5) is 5.69 Å². The van der Waals surface area contributed by atoms with Crippen LogP contribution in [0.3, 0.4) is 0 Å². The first-order chi connectivity index (χ1) is 7.35. The molecule has 2 rings (SSSR count). The molecule has 0 bridgehead atoms. The Hall–Kier alpha value is -1.70. The number of nitrogens with one attached hydrogen (secondary N) is 1. The Morgan fingerprint density at radius 1 is 1.33 bits per heavy atom. The number of fused-ring (bicyclic) bond motifs is 1. The van der Waals surface area contributed by atoms with E-state index in [0.717, 1.165) is 23.6 Å². The van der Waals surface area contributed by atoms with Crippen LogP contribution in [0.2, 0.25) is 0 Å². The highest BCUT2D eigenvalue weighted by Crippen LogP contribution is 2.28. The molecule has 0 aliphatic carbocycles. The zero-order chi connectivity index (χ0) is 10.7. The van der Waals surface area contributed by atoms with E-state index in [1.165, 1.54) is 5.57 Å². The minimum atomic E-state index is 0.848. The highest BCUT2D eigenvalue weighted by atomic mass is 16.5. The van der Waals surface area contributed by atoms with Gasteiger partial charge in [0.25, 0.3) is 0 Å². The molecule has 1 aromatic carbocycles. The number of methoxy groups -OCH3 is 1. The molecule has 2 nitrogen and oxygen atoms in total. The summed E-state index contributed by atoms with van der Waals surface area (Å²) < 4.78 is 5.41. The number of hydrogen-bond acceptors (Lipinski definition) is 2. The average molecular weight is 201 g/mol. The third-order valence-corrected chi connectivity index (χ3v) is 2.58. The predicted octanol–water partition coefficient (Wildman–Crippen LogP) is 3.05. The highest BCUT2D eigenvalue weighted by molar-refractivity contribution is 5.76. The van der Waals surface area contributed by atoms with E-state index in [1.54, 1.807) is 7.11 Å². The van der Waals surface area contributed by atoms with E-state index < -0.39 is 0 Å². The number of allylic oxidation sites excluding steroid dienone is 1. The quantitative estimate of drug-likeness (QED) is 0.754. The first kappa shape index (κ1) is 9.84. The van der Waals surface area contributed by atoms with Gasteiger partial charge in [0.15, 0.2) is 0 Å². The van der Waals surface area contributed by atoms with E-state index in [0.29, 0.717) is 0 Å². The SMILES string of the molecule is C/C=C1/C=C(OC)c2ccccc2NC1. The summed E-state index contributed by atoms with van der Waals surface area (Å²) in [4.78, 5) is 0. The second-order valence-corrected chi connectivity index (χ2v) is 3.48. The molecule has 0 saturated heterocycles. The molecular weight excluding hydrogens is 186 g/mol. The topological polar surface area (TPSA) is 21.3 Å². The summed E-state index contributed by atoms with van der Waals surface area (Å²) in [6, 6.07) is 8.19. The molecule has 1 aromatic rings. The van der Waals surface area contributed by atoms with E-state index >= 15 is 0 Å². The summed E-state index contributed by atoms with van der Waals surface area (Å²) in [5, 5.41) is 3.39. The van der Waals surface area contributed by atoms with Crippen molar-refractivity contribution >= 4 is 11.4 Å². The van der Waals surface area contributed by atoms with Gasteiger partial charge in [-0.25, -0.2) is 0 Å². The second-order valence-electron chi connectivity index (χ2n) is 3.48. The van der Waals surface area contributed by atoms with Gasteiger partial charge < -0.3 is 10.1 Å². The normalized spacial score (nSPS) is 17.5. The van der Waals surface area contributed by atoms with Crippen molar-refractivity contribution in [3.8, 4) is 0 Å². The van der Waals surface area contributed by atoms with E-state index in [1.807, 2.05) is 19.1 Å². The van der Waals surface area contributed by atoms with Gasteiger partial charge in [-0.3, -0.25) is 0 Å². The Labute approximate surface area is 90.3 Å². The molecule has 0 atom stereocenters. The van der Waals surface area contributed by atoms with E-state index in [9.17, 15) is 0 Å². The van der Waals surface area contributed by atoms with Gasteiger partial charge >= 0.3 is 0 Å². The highest BCUT2D eigenvalue weighted by Gasteiger charge is 2.11. The Morgan fingerprint density at radius 2 is 2.13 bits per heavy atom. The number of anilines is 1. The summed E-state index contributed by atoms with van der Waals surface area (Å²) in [6.07, 6.45) is 4.18. The van der Waals surface area contributed by atoms with Crippen LogP contribution in [0.1, 0.15) is 12.5 Å². The van der Waals surface area contributed by atoms with Gasteiger partial charge in [0.05, 0.1) is 7.11 Å². The first-order valence-corrected chi connectivity index (χ1v) is 5.09. The summed E-state index contributed by atoms with van der Waals surface area (Å²) in [5.74, 6) is 0.920. The Kier molecular flexibility index (Phi) is 2.77. The van der Waals surface area contributed by atoms with Crippen LogP contribution in [0.25, 0.3) is 5.76 Å². The largest absolute Gasteiger partial charge is 0.496 e. The van der Waals surface area contributed by atoms with Crippen molar-refractivity contribution < 1.29 is 4.74 Å². The zero-order valence-corrected chi connectivity index (χ0v) is 9.08. The van der Waals surface area contributed by atoms with Crippen LogP contribution >= 0.6 is 0 Å². The van der Waals surface area contributed by atoms with Crippen LogP contribution < -0.4 is 5.32 Å². The zero-order valence-electron chi connectivity index (χ0n) is 9.08. The molecule has 1 N–H and O–H groups in total. The summed E-state index contributed by atoms with van der Waals surface area (Å²) in [5.41, 5.74) is 3.49. The third-order valence-electron chi connectivity index (χ3n) is 2.58. The number of benzene rings is 1. The third kappa shape index (κ3) is 1.89. The Balaban J connectivity index is 2.50. The molecule has 0 unspecified atom stereocenters. The molecule has 2 heteroatoms. The van der Waals surface area contributed by atoms with Gasteiger partial charge in [0.2, 0.25) is 0 Å². The minimum Gasteiger partial charge on any atom is -0.496 e. The molecule has 78 valence electrons. The minimum absolute atomic E-state index is 0.848. The fourth-order valence-corrected chi connectivity index (χ4v) is 1.70. The summed E-state index contributed by atoms with van der Waals surface area (Å²) >= 11 is 0. The lowest BCUT2D eigenvalue weighted by Crippen LogP contribution is -2.02. The van der Waals surface area contributed by atoms with E-state index in [2.05, 4.69) is 29.6 Å². The number of hydrogen-bond donors (Lipinski definition) is 1. The molecule has 0 saturated carbocycles. The van der Waals surface area contributed by atoms with Crippen LogP contribution in [0.15, 0.2) is 42.0 Å². The fraction of sp³-hybridized carbons (Fsp3) is 0.231. The Bertz CT molecular complexity index is 418. The predicted molar refractivity (Wildman–Crippen MR) is 63.7 cm³/mol. The smallest absolute Gasteiger partial charge is 0.128 e. The van der Waals surface area contributed by atoms with Gasteiger partial charge in [-0.2, -0.15) is 0 Å². The molecule has 15 heavy (non-hydrogen) atoms. The van der Waals surface area contributed by atoms with Crippen molar-refractivity contribution in [1.29, 1.82) is 0 Å². The monoisotopic (exact) mass is 201 g/mol. The van der Waals surface area contributed by atoms with Crippen LogP contribution in [0, 0.1) is 0 Å². The summed E-state index contributed by atoms with van der Waals surface area (Å²) in [6.45, 7) is 2.89. The maximum atomic E-state index is 5.41. The molecule has 1 heterocycles. The molecule has 0 amide bonds. The van der Waals surface area contributed by atoms with Gasteiger partial charge in [-0.05, 0) is 30.7 Å². The van der Waals surface area contributed by atoms with Crippen molar-refractivity contribution in [2.75, 3.05) is 19.0 Å². The number of ether oxygens (including phenoxy) is 1. The van der Waals surface area contributed by atoms with Crippen LogP contribution in [0.5, 0.6) is 0 Å². The van der Waals surface area contributed by atoms with Crippen molar-refractivity contribution in [2.45, 2.75) is 6.92 Å². The van der Waals surface area contributed by atoms with Crippen molar-refractivity contribution in [2.24, 2.45) is 0 Å². The maximum absolute atomic E-state index is 5.41. The van der Waals surface area contributed by atoms with Crippen LogP contribution in [-0.2, 0) is 4.74 Å². The molecule has 0 fully saturated rings. The molecule has 0 spiro atoms. The first-order valence-electron chi connectivity index (χ1n) is 5.09.